The molecule has 2 aromatic heterocycles. The molecule has 2 aromatic rings. The highest BCUT2D eigenvalue weighted by atomic mass is 15.2. The zero-order valence-electron chi connectivity index (χ0n) is 13.7. The van der Waals surface area contributed by atoms with Crippen molar-refractivity contribution >= 4 is 5.82 Å². The molecule has 118 valence electrons. The lowest BCUT2D eigenvalue weighted by Crippen LogP contribution is -2.23. The molecule has 1 fully saturated rings. The van der Waals surface area contributed by atoms with E-state index >= 15 is 0 Å². The van der Waals surface area contributed by atoms with Crippen molar-refractivity contribution in [2.24, 2.45) is 0 Å². The maximum absolute atomic E-state index is 4.73. The number of hydrogen-bond donors (Lipinski definition) is 2. The van der Waals surface area contributed by atoms with Crippen LogP contribution in [0.1, 0.15) is 48.6 Å². The Hall–Kier alpha value is -1.88. The van der Waals surface area contributed by atoms with Crippen LogP contribution in [0.25, 0.3) is 0 Å². The third-order valence-corrected chi connectivity index (χ3v) is 4.51. The molecule has 3 heterocycles. The Kier molecular flexibility index (Phi) is 4.43. The van der Waals surface area contributed by atoms with Crippen LogP contribution in [-0.2, 0) is 13.0 Å². The van der Waals surface area contributed by atoms with Gasteiger partial charge in [-0.1, -0.05) is 6.92 Å². The molecule has 5 heteroatoms. The Labute approximate surface area is 132 Å². The van der Waals surface area contributed by atoms with Gasteiger partial charge in [-0.05, 0) is 44.0 Å². The molecule has 1 aliphatic rings. The predicted molar refractivity (Wildman–Crippen MR) is 88.9 cm³/mol. The van der Waals surface area contributed by atoms with Gasteiger partial charge in [0.25, 0.3) is 0 Å². The molecule has 0 aromatic carbocycles. The van der Waals surface area contributed by atoms with Crippen molar-refractivity contribution in [2.75, 3.05) is 18.9 Å². The van der Waals surface area contributed by atoms with Gasteiger partial charge in [-0.25, -0.2) is 9.97 Å². The summed E-state index contributed by atoms with van der Waals surface area (Å²) in [6.45, 7) is 6.31. The third kappa shape index (κ3) is 2.99. The minimum atomic E-state index is 0.469. The second-order valence-electron chi connectivity index (χ2n) is 5.96. The SMILES string of the molecule is CCc1nc(CN2CCCC2c2ccnc(NC)c2)c(C)[nH]1. The van der Waals surface area contributed by atoms with Crippen LogP contribution in [-0.4, -0.2) is 33.4 Å². The number of anilines is 1. The van der Waals surface area contributed by atoms with Crippen LogP contribution in [0.3, 0.4) is 0 Å². The molecular formula is C17H25N5. The zero-order chi connectivity index (χ0) is 15.5. The molecule has 1 aliphatic heterocycles. The molecule has 0 saturated carbocycles. The van der Waals surface area contributed by atoms with Crippen LogP contribution in [0.2, 0.25) is 0 Å². The summed E-state index contributed by atoms with van der Waals surface area (Å²) in [5, 5.41) is 3.13. The van der Waals surface area contributed by atoms with Gasteiger partial charge in [0, 0.05) is 37.9 Å². The highest BCUT2D eigenvalue weighted by molar-refractivity contribution is 5.38. The third-order valence-electron chi connectivity index (χ3n) is 4.51. The van der Waals surface area contributed by atoms with Crippen molar-refractivity contribution in [3.63, 3.8) is 0 Å². The Morgan fingerprint density at radius 3 is 3.05 bits per heavy atom. The van der Waals surface area contributed by atoms with E-state index in [4.69, 9.17) is 4.98 Å². The topological polar surface area (TPSA) is 56.8 Å². The fourth-order valence-corrected chi connectivity index (χ4v) is 3.26. The molecular weight excluding hydrogens is 274 g/mol. The van der Waals surface area contributed by atoms with Gasteiger partial charge >= 0.3 is 0 Å². The van der Waals surface area contributed by atoms with Gasteiger partial charge in [-0.3, -0.25) is 4.90 Å². The normalized spacial score (nSPS) is 18.8. The van der Waals surface area contributed by atoms with E-state index in [1.165, 1.54) is 29.8 Å². The highest BCUT2D eigenvalue weighted by Crippen LogP contribution is 2.33. The number of likely N-dealkylation sites (tertiary alicyclic amines) is 1. The quantitative estimate of drug-likeness (QED) is 0.891. The largest absolute Gasteiger partial charge is 0.373 e. The number of pyridine rings is 1. The first-order chi connectivity index (χ1) is 10.7. The number of hydrogen-bond acceptors (Lipinski definition) is 4. The highest BCUT2D eigenvalue weighted by Gasteiger charge is 2.27. The van der Waals surface area contributed by atoms with E-state index < -0.39 is 0 Å². The fourth-order valence-electron chi connectivity index (χ4n) is 3.26. The summed E-state index contributed by atoms with van der Waals surface area (Å²) in [6, 6.07) is 4.77. The van der Waals surface area contributed by atoms with E-state index in [2.05, 4.69) is 46.2 Å². The predicted octanol–water partition coefficient (Wildman–Crippen LogP) is 3.05. The van der Waals surface area contributed by atoms with Gasteiger partial charge in [0.05, 0.1) is 5.69 Å². The first kappa shape index (κ1) is 15.0. The average Bonchev–Trinajstić information content (AvgIpc) is 3.15. The molecule has 22 heavy (non-hydrogen) atoms. The lowest BCUT2D eigenvalue weighted by atomic mass is 10.1. The molecule has 0 radical (unpaired) electrons. The summed E-state index contributed by atoms with van der Waals surface area (Å²) in [6.07, 6.45) is 5.30. The van der Waals surface area contributed by atoms with Gasteiger partial charge in [-0.15, -0.1) is 0 Å². The van der Waals surface area contributed by atoms with Crippen molar-refractivity contribution in [3.05, 3.63) is 41.1 Å². The van der Waals surface area contributed by atoms with Crippen LogP contribution >= 0.6 is 0 Å². The second-order valence-corrected chi connectivity index (χ2v) is 5.96. The Balaban J connectivity index is 1.79. The monoisotopic (exact) mass is 299 g/mol. The van der Waals surface area contributed by atoms with Gasteiger partial charge in [-0.2, -0.15) is 0 Å². The first-order valence-electron chi connectivity index (χ1n) is 8.13. The fraction of sp³-hybridized carbons (Fsp3) is 0.529. The summed E-state index contributed by atoms with van der Waals surface area (Å²) in [4.78, 5) is 15.0. The molecule has 3 rings (SSSR count). The number of aromatic nitrogens is 3. The Morgan fingerprint density at radius 1 is 1.45 bits per heavy atom. The molecule has 2 N–H and O–H groups in total. The van der Waals surface area contributed by atoms with Crippen molar-refractivity contribution in [1.29, 1.82) is 0 Å². The molecule has 0 spiro atoms. The van der Waals surface area contributed by atoms with Crippen molar-refractivity contribution in [2.45, 2.75) is 45.7 Å². The standard InChI is InChI=1S/C17H25N5/c1-4-16-20-12(2)14(21-16)11-22-9-5-6-15(22)13-7-8-19-17(10-13)18-3/h7-8,10,15H,4-6,9,11H2,1-3H3,(H,18,19)(H,20,21). The lowest BCUT2D eigenvalue weighted by molar-refractivity contribution is 0.245. The average molecular weight is 299 g/mol. The summed E-state index contributed by atoms with van der Waals surface area (Å²) in [7, 11) is 1.91. The smallest absolute Gasteiger partial charge is 0.125 e. The molecule has 0 amide bonds. The molecule has 0 bridgehead atoms. The number of H-pyrrole nitrogens is 1. The maximum atomic E-state index is 4.73. The summed E-state index contributed by atoms with van der Waals surface area (Å²) in [5.41, 5.74) is 3.74. The summed E-state index contributed by atoms with van der Waals surface area (Å²) < 4.78 is 0. The molecule has 5 nitrogen and oxygen atoms in total. The van der Waals surface area contributed by atoms with E-state index in [1.807, 2.05) is 13.2 Å². The van der Waals surface area contributed by atoms with Gasteiger partial charge in [0.2, 0.25) is 0 Å². The number of imidazole rings is 1. The Morgan fingerprint density at radius 2 is 2.32 bits per heavy atom. The Bertz CT molecular complexity index is 634. The van der Waals surface area contributed by atoms with Crippen LogP contribution < -0.4 is 5.32 Å². The van der Waals surface area contributed by atoms with Crippen LogP contribution in [0, 0.1) is 6.92 Å². The van der Waals surface area contributed by atoms with E-state index in [9.17, 15) is 0 Å². The second kappa shape index (κ2) is 6.48. The molecule has 0 aliphatic carbocycles. The minimum absolute atomic E-state index is 0.469. The van der Waals surface area contributed by atoms with E-state index in [0.29, 0.717) is 6.04 Å². The number of aryl methyl sites for hydroxylation is 2. The zero-order valence-corrected chi connectivity index (χ0v) is 13.7. The number of nitrogens with zero attached hydrogens (tertiary/aromatic N) is 3. The van der Waals surface area contributed by atoms with Crippen LogP contribution in [0.5, 0.6) is 0 Å². The summed E-state index contributed by atoms with van der Waals surface area (Å²) in [5.74, 6) is 2.03. The van der Waals surface area contributed by atoms with Crippen molar-refractivity contribution in [3.8, 4) is 0 Å². The van der Waals surface area contributed by atoms with Gasteiger partial charge in [0.1, 0.15) is 11.6 Å². The van der Waals surface area contributed by atoms with E-state index in [0.717, 1.165) is 31.2 Å². The van der Waals surface area contributed by atoms with Crippen LogP contribution in [0.4, 0.5) is 5.82 Å². The molecule has 1 unspecified atom stereocenters. The van der Waals surface area contributed by atoms with Gasteiger partial charge in [0.15, 0.2) is 0 Å². The number of aromatic amines is 1. The summed E-state index contributed by atoms with van der Waals surface area (Å²) >= 11 is 0. The number of rotatable bonds is 5. The lowest BCUT2D eigenvalue weighted by Gasteiger charge is -2.24. The van der Waals surface area contributed by atoms with Gasteiger partial charge < -0.3 is 10.3 Å². The first-order valence-corrected chi connectivity index (χ1v) is 8.13. The van der Waals surface area contributed by atoms with Crippen LogP contribution in [0.15, 0.2) is 18.3 Å². The van der Waals surface area contributed by atoms with Crippen molar-refractivity contribution < 1.29 is 0 Å². The molecule has 1 atom stereocenters. The molecule has 1 saturated heterocycles. The number of nitrogens with one attached hydrogen (secondary N) is 2. The van der Waals surface area contributed by atoms with E-state index in [-0.39, 0.29) is 0 Å². The van der Waals surface area contributed by atoms with Crippen molar-refractivity contribution in [1.82, 2.24) is 19.9 Å². The van der Waals surface area contributed by atoms with E-state index in [1.54, 1.807) is 0 Å². The maximum Gasteiger partial charge on any atom is 0.125 e. The minimum Gasteiger partial charge on any atom is -0.373 e.